The Balaban J connectivity index is 1.48. The number of aromatic nitrogens is 2. The van der Waals surface area contributed by atoms with Gasteiger partial charge in [0.25, 0.3) is 5.91 Å². The number of hydrogen-bond donors (Lipinski definition) is 1. The van der Waals surface area contributed by atoms with Gasteiger partial charge in [-0.15, -0.1) is 0 Å². The molecular formula is C27H32N4O4. The fourth-order valence-corrected chi connectivity index (χ4v) is 4.97. The van der Waals surface area contributed by atoms with Gasteiger partial charge in [-0.05, 0) is 55.3 Å². The van der Waals surface area contributed by atoms with E-state index in [1.54, 1.807) is 7.11 Å². The van der Waals surface area contributed by atoms with Gasteiger partial charge in [0, 0.05) is 37.3 Å². The second-order valence-electron chi connectivity index (χ2n) is 8.80. The van der Waals surface area contributed by atoms with Crippen molar-refractivity contribution in [2.45, 2.75) is 19.4 Å². The third kappa shape index (κ3) is 4.76. The molecule has 0 radical (unpaired) electrons. The number of rotatable bonds is 9. The van der Waals surface area contributed by atoms with Crippen molar-refractivity contribution in [3.8, 4) is 22.8 Å². The summed E-state index contributed by atoms with van der Waals surface area (Å²) in [5.74, 6) is 1.57. The van der Waals surface area contributed by atoms with Gasteiger partial charge < -0.3 is 19.1 Å². The Hall–Kier alpha value is -3.36. The summed E-state index contributed by atoms with van der Waals surface area (Å²) >= 11 is 0. The summed E-state index contributed by atoms with van der Waals surface area (Å²) in [4.78, 5) is 18.0. The highest BCUT2D eigenvalue weighted by Crippen LogP contribution is 2.43. The lowest BCUT2D eigenvalue weighted by molar-refractivity contribution is 0.0354. The lowest BCUT2D eigenvalue weighted by Gasteiger charge is -2.30. The molecule has 0 spiro atoms. The normalized spacial score (nSPS) is 18.1. The molecule has 1 unspecified atom stereocenters. The van der Waals surface area contributed by atoms with Crippen molar-refractivity contribution >= 4 is 5.91 Å². The van der Waals surface area contributed by atoms with Crippen molar-refractivity contribution in [3.63, 3.8) is 0 Å². The second kappa shape index (κ2) is 10.5. The number of nitrogens with zero attached hydrogens (tertiary/aromatic N) is 3. The number of aromatic amines is 1. The summed E-state index contributed by atoms with van der Waals surface area (Å²) in [6, 6.07) is 15.6. The Kier molecular flexibility index (Phi) is 7.01. The van der Waals surface area contributed by atoms with Crippen LogP contribution in [0.3, 0.4) is 0 Å². The summed E-state index contributed by atoms with van der Waals surface area (Å²) in [5.41, 5.74) is 4.23. The quantitative estimate of drug-likeness (QED) is 0.507. The Morgan fingerprint density at radius 3 is 2.63 bits per heavy atom. The van der Waals surface area contributed by atoms with E-state index < -0.39 is 0 Å². The maximum atomic E-state index is 13.6. The molecule has 1 saturated heterocycles. The first kappa shape index (κ1) is 23.4. The number of morpholine rings is 1. The molecule has 2 aromatic carbocycles. The third-order valence-corrected chi connectivity index (χ3v) is 6.69. The first-order valence-electron chi connectivity index (χ1n) is 12.3. The minimum atomic E-state index is -0.238. The highest BCUT2D eigenvalue weighted by Gasteiger charge is 2.42. The van der Waals surface area contributed by atoms with Crippen molar-refractivity contribution in [2.24, 2.45) is 0 Å². The van der Waals surface area contributed by atoms with Crippen molar-refractivity contribution in [1.29, 1.82) is 0 Å². The third-order valence-electron chi connectivity index (χ3n) is 6.69. The van der Waals surface area contributed by atoms with E-state index in [2.05, 4.69) is 21.2 Å². The van der Waals surface area contributed by atoms with Crippen molar-refractivity contribution in [2.75, 3.05) is 53.1 Å². The minimum absolute atomic E-state index is 0.0129. The zero-order chi connectivity index (χ0) is 24.2. The average Bonchev–Trinajstić information content (AvgIpc) is 3.44. The second-order valence-corrected chi connectivity index (χ2v) is 8.80. The molecule has 1 fully saturated rings. The molecule has 8 heteroatoms. The van der Waals surface area contributed by atoms with Gasteiger partial charge >= 0.3 is 0 Å². The van der Waals surface area contributed by atoms with Gasteiger partial charge in [-0.3, -0.25) is 14.8 Å². The van der Waals surface area contributed by atoms with Gasteiger partial charge in [0.2, 0.25) is 0 Å². The molecule has 35 heavy (non-hydrogen) atoms. The molecule has 0 saturated carbocycles. The summed E-state index contributed by atoms with van der Waals surface area (Å²) in [5, 5.41) is 7.61. The van der Waals surface area contributed by atoms with E-state index in [0.717, 1.165) is 73.2 Å². The van der Waals surface area contributed by atoms with Crippen LogP contribution in [0.1, 0.15) is 41.0 Å². The molecule has 3 heterocycles. The van der Waals surface area contributed by atoms with E-state index in [1.165, 1.54) is 0 Å². The predicted molar refractivity (Wildman–Crippen MR) is 133 cm³/mol. The lowest BCUT2D eigenvalue weighted by Crippen LogP contribution is -2.38. The van der Waals surface area contributed by atoms with Crippen molar-refractivity contribution in [1.82, 2.24) is 20.0 Å². The SMILES string of the molecule is CCOc1cccc(C2c3c(-c4ccc(OC)cc4)n[nH]c3C(=O)N2CCCN2CCOCC2)c1. The topological polar surface area (TPSA) is 79.9 Å². The van der Waals surface area contributed by atoms with Crippen LogP contribution in [0.4, 0.5) is 0 Å². The smallest absolute Gasteiger partial charge is 0.273 e. The van der Waals surface area contributed by atoms with Gasteiger partial charge in [-0.1, -0.05) is 12.1 Å². The summed E-state index contributed by atoms with van der Waals surface area (Å²) in [6.07, 6.45) is 0.892. The molecule has 0 aliphatic carbocycles. The maximum absolute atomic E-state index is 13.6. The van der Waals surface area contributed by atoms with Crippen LogP contribution in [0.15, 0.2) is 48.5 Å². The molecule has 1 amide bonds. The molecule has 1 atom stereocenters. The standard InChI is InChI=1S/C27H32N4O4/c1-3-35-22-7-4-6-20(18-22)26-23-24(19-8-10-21(33-2)11-9-19)28-29-25(23)27(32)31(26)13-5-12-30-14-16-34-17-15-30/h4,6-11,18,26H,3,5,12-17H2,1-2H3,(H,28,29). The summed E-state index contributed by atoms with van der Waals surface area (Å²) in [6.45, 7) is 7.59. The fraction of sp³-hybridized carbons (Fsp3) is 0.407. The van der Waals surface area contributed by atoms with Crippen molar-refractivity contribution < 1.29 is 19.0 Å². The first-order valence-corrected chi connectivity index (χ1v) is 12.3. The highest BCUT2D eigenvalue weighted by molar-refractivity contribution is 6.00. The molecular weight excluding hydrogens is 444 g/mol. The zero-order valence-electron chi connectivity index (χ0n) is 20.3. The maximum Gasteiger partial charge on any atom is 0.273 e. The number of benzene rings is 2. The summed E-state index contributed by atoms with van der Waals surface area (Å²) < 4.78 is 16.6. The van der Waals surface area contributed by atoms with Crippen LogP contribution >= 0.6 is 0 Å². The van der Waals surface area contributed by atoms with Crippen molar-refractivity contribution in [3.05, 3.63) is 65.4 Å². The monoisotopic (exact) mass is 476 g/mol. The molecule has 2 aliphatic heterocycles. The molecule has 2 aliphatic rings. The molecule has 3 aromatic rings. The van der Waals surface area contributed by atoms with Gasteiger partial charge in [0.15, 0.2) is 0 Å². The van der Waals surface area contributed by atoms with E-state index in [1.807, 2.05) is 54.3 Å². The first-order chi connectivity index (χ1) is 17.2. The van der Waals surface area contributed by atoms with Crippen LogP contribution in [0.5, 0.6) is 11.5 Å². The molecule has 5 rings (SSSR count). The van der Waals surface area contributed by atoms with Crippen LogP contribution in [-0.2, 0) is 4.74 Å². The number of carbonyl (C=O) groups excluding carboxylic acids is 1. The van der Waals surface area contributed by atoms with Crippen LogP contribution < -0.4 is 9.47 Å². The van der Waals surface area contributed by atoms with E-state index in [-0.39, 0.29) is 11.9 Å². The Morgan fingerprint density at radius 1 is 1.09 bits per heavy atom. The molecule has 1 aromatic heterocycles. The fourth-order valence-electron chi connectivity index (χ4n) is 4.97. The minimum Gasteiger partial charge on any atom is -0.497 e. The van der Waals surface area contributed by atoms with E-state index in [4.69, 9.17) is 14.2 Å². The van der Waals surface area contributed by atoms with Gasteiger partial charge in [-0.25, -0.2) is 0 Å². The number of nitrogens with one attached hydrogen (secondary N) is 1. The Bertz CT molecular complexity index is 1150. The number of H-pyrrole nitrogens is 1. The zero-order valence-corrected chi connectivity index (χ0v) is 20.3. The van der Waals surface area contributed by atoms with Crippen LogP contribution in [0.2, 0.25) is 0 Å². The number of amides is 1. The van der Waals surface area contributed by atoms with E-state index >= 15 is 0 Å². The van der Waals surface area contributed by atoms with E-state index in [0.29, 0.717) is 18.8 Å². The van der Waals surface area contributed by atoms with Gasteiger partial charge in [0.05, 0.1) is 38.7 Å². The largest absolute Gasteiger partial charge is 0.497 e. The molecule has 1 N–H and O–H groups in total. The number of carbonyl (C=O) groups is 1. The lowest BCUT2D eigenvalue weighted by atomic mass is 9.96. The Labute approximate surface area is 205 Å². The van der Waals surface area contributed by atoms with Gasteiger partial charge in [0.1, 0.15) is 17.2 Å². The number of fused-ring (bicyclic) bond motifs is 1. The Morgan fingerprint density at radius 2 is 1.89 bits per heavy atom. The average molecular weight is 477 g/mol. The van der Waals surface area contributed by atoms with Crippen LogP contribution in [-0.4, -0.2) is 79.0 Å². The van der Waals surface area contributed by atoms with Gasteiger partial charge in [-0.2, -0.15) is 5.10 Å². The highest BCUT2D eigenvalue weighted by atomic mass is 16.5. The molecule has 0 bridgehead atoms. The number of methoxy groups -OCH3 is 1. The number of hydrogen-bond acceptors (Lipinski definition) is 6. The number of ether oxygens (including phenoxy) is 3. The predicted octanol–water partition coefficient (Wildman–Crippen LogP) is 3.75. The molecule has 8 nitrogen and oxygen atoms in total. The summed E-state index contributed by atoms with van der Waals surface area (Å²) in [7, 11) is 1.65. The van der Waals surface area contributed by atoms with E-state index in [9.17, 15) is 4.79 Å². The van der Waals surface area contributed by atoms with Crippen LogP contribution in [0, 0.1) is 0 Å². The van der Waals surface area contributed by atoms with Crippen LogP contribution in [0.25, 0.3) is 11.3 Å². The molecule has 184 valence electrons.